The van der Waals surface area contributed by atoms with Gasteiger partial charge in [-0.1, -0.05) is 41.5 Å². The van der Waals surface area contributed by atoms with Crippen molar-refractivity contribution in [2.45, 2.75) is 101 Å². The van der Waals surface area contributed by atoms with Gasteiger partial charge in [0.25, 0.3) is 0 Å². The van der Waals surface area contributed by atoms with E-state index in [2.05, 4.69) is 51.9 Å². The van der Waals surface area contributed by atoms with E-state index in [9.17, 15) is 4.79 Å². The second-order valence-corrected chi connectivity index (χ2v) is 9.50. The van der Waals surface area contributed by atoms with Crippen LogP contribution in [0.4, 0.5) is 0 Å². The third kappa shape index (κ3) is 16.2. The van der Waals surface area contributed by atoms with Gasteiger partial charge in [0.05, 0.1) is 11.7 Å². The molecule has 0 saturated carbocycles. The fraction of sp³-hybridized carbons (Fsp3) is 0.875. The summed E-state index contributed by atoms with van der Waals surface area (Å²) in [4.78, 5) is 19.1. The number of nitrogens with zero attached hydrogens (tertiary/aromatic N) is 3. The minimum absolute atomic E-state index is 0.118. The van der Waals surface area contributed by atoms with Crippen molar-refractivity contribution in [1.29, 1.82) is 5.41 Å². The number of rotatable bonds is 6. The number of hydrogen-bond donors (Lipinski definition) is 2. The Hall–Kier alpha value is -1.59. The van der Waals surface area contributed by atoms with Gasteiger partial charge in [0.15, 0.2) is 0 Å². The minimum atomic E-state index is 0.118. The smallest absolute Gasteiger partial charge is 0.225 e. The molecule has 0 bridgehead atoms. The van der Waals surface area contributed by atoms with Crippen molar-refractivity contribution in [3.63, 3.8) is 0 Å². The Morgan fingerprint density at radius 1 is 0.733 bits per heavy atom. The molecule has 0 aliphatic heterocycles. The average molecular weight is 428 g/mol. The van der Waals surface area contributed by atoms with Gasteiger partial charge in [0.1, 0.15) is 0 Å². The molecule has 0 fully saturated rings. The van der Waals surface area contributed by atoms with Gasteiger partial charge in [0.2, 0.25) is 5.91 Å². The zero-order valence-electron chi connectivity index (χ0n) is 22.7. The van der Waals surface area contributed by atoms with E-state index in [-0.39, 0.29) is 11.8 Å². The topological polar surface area (TPSA) is 71.8 Å². The normalized spacial score (nSPS) is 11.4. The van der Waals surface area contributed by atoms with Crippen LogP contribution in [-0.4, -0.2) is 66.6 Å². The Morgan fingerprint density at radius 3 is 1.23 bits per heavy atom. The molecule has 0 aliphatic rings. The van der Waals surface area contributed by atoms with Crippen LogP contribution in [0.1, 0.15) is 83.1 Å². The molecule has 0 heterocycles. The Kier molecular flexibility index (Phi) is 18.9. The molecule has 0 rings (SSSR count). The number of nitrogens with one attached hydrogen (secondary N) is 2. The molecule has 0 aromatic heterocycles. The lowest BCUT2D eigenvalue weighted by molar-refractivity contribution is -0.134. The zero-order chi connectivity index (χ0) is 24.8. The summed E-state index contributed by atoms with van der Waals surface area (Å²) in [6.07, 6.45) is 0. The summed E-state index contributed by atoms with van der Waals surface area (Å²) in [6, 6.07) is 1.24. The molecule has 0 unspecified atom stereocenters. The van der Waals surface area contributed by atoms with Crippen LogP contribution in [0.3, 0.4) is 0 Å². The highest BCUT2D eigenvalue weighted by Gasteiger charge is 2.14. The molecule has 0 spiro atoms. The van der Waals surface area contributed by atoms with Crippen LogP contribution in [-0.2, 0) is 4.79 Å². The molecular formula is C24H53N5O. The molecule has 6 heteroatoms. The van der Waals surface area contributed by atoms with Crippen molar-refractivity contribution in [3.05, 3.63) is 0 Å². The first-order valence-electron chi connectivity index (χ1n) is 11.3. The van der Waals surface area contributed by atoms with Crippen molar-refractivity contribution >= 4 is 17.6 Å². The summed E-state index contributed by atoms with van der Waals surface area (Å²) in [5.41, 5.74) is 0. The molecule has 0 radical (unpaired) electrons. The van der Waals surface area contributed by atoms with Crippen LogP contribution in [0.2, 0.25) is 0 Å². The third-order valence-corrected chi connectivity index (χ3v) is 4.54. The molecule has 0 aromatic rings. The molecular weight excluding hydrogens is 374 g/mol. The number of aliphatic imine (C=N–C) groups is 1. The lowest BCUT2D eigenvalue weighted by Crippen LogP contribution is -2.35. The van der Waals surface area contributed by atoms with Gasteiger partial charge in [-0.15, -0.1) is 0 Å². The summed E-state index contributed by atoms with van der Waals surface area (Å²) in [5, 5.41) is 10.9. The van der Waals surface area contributed by atoms with E-state index < -0.39 is 0 Å². The van der Waals surface area contributed by atoms with Gasteiger partial charge in [-0.05, 0) is 41.5 Å². The van der Waals surface area contributed by atoms with Gasteiger partial charge in [-0.2, -0.15) is 0 Å². The summed E-state index contributed by atoms with van der Waals surface area (Å²) in [6.45, 7) is 24.6. The molecule has 2 N–H and O–H groups in total. The average Bonchev–Trinajstić information content (AvgIpc) is 2.63. The van der Waals surface area contributed by atoms with Crippen LogP contribution in [0.25, 0.3) is 0 Å². The third-order valence-electron chi connectivity index (χ3n) is 4.54. The fourth-order valence-electron chi connectivity index (χ4n) is 2.13. The van der Waals surface area contributed by atoms with Crippen molar-refractivity contribution in [1.82, 2.24) is 15.1 Å². The van der Waals surface area contributed by atoms with Gasteiger partial charge < -0.3 is 15.1 Å². The second-order valence-electron chi connectivity index (χ2n) is 9.50. The maximum atomic E-state index is 11.2. The summed E-state index contributed by atoms with van der Waals surface area (Å²) in [7, 11) is 5.63. The highest BCUT2D eigenvalue weighted by molar-refractivity contribution is 5.84. The van der Waals surface area contributed by atoms with E-state index in [0.29, 0.717) is 30.0 Å². The minimum Gasteiger partial charge on any atom is -0.371 e. The lowest BCUT2D eigenvalue weighted by Gasteiger charge is -2.26. The monoisotopic (exact) mass is 427 g/mol. The van der Waals surface area contributed by atoms with E-state index in [1.807, 2.05) is 67.6 Å². The van der Waals surface area contributed by atoms with Crippen LogP contribution >= 0.6 is 0 Å². The highest BCUT2D eigenvalue weighted by atomic mass is 16.2. The predicted octanol–water partition coefficient (Wildman–Crippen LogP) is 5.14. The van der Waals surface area contributed by atoms with E-state index in [4.69, 9.17) is 5.41 Å². The predicted molar refractivity (Wildman–Crippen MR) is 135 cm³/mol. The first-order valence-corrected chi connectivity index (χ1v) is 11.3. The molecule has 0 atom stereocenters. The van der Waals surface area contributed by atoms with Crippen molar-refractivity contribution in [2.75, 3.05) is 21.1 Å². The van der Waals surface area contributed by atoms with Crippen LogP contribution in [0.5, 0.6) is 0 Å². The highest BCUT2D eigenvalue weighted by Crippen LogP contribution is 2.03. The molecule has 180 valence electrons. The Balaban J connectivity index is -0.000000364. The van der Waals surface area contributed by atoms with Crippen LogP contribution in [0, 0.1) is 23.2 Å². The lowest BCUT2D eigenvalue weighted by atomic mass is 10.1. The van der Waals surface area contributed by atoms with E-state index in [0.717, 1.165) is 11.7 Å². The number of carbonyl (C=O) groups is 1. The van der Waals surface area contributed by atoms with Gasteiger partial charge >= 0.3 is 0 Å². The standard InChI is InChI=1S/2C8H18N2.C8H17NO/c1-6(2)8(9)10(5)7(3)4;1-6(2)8(9-5)10-7(3)4;1-6(2)8(10)9(5)7(3)4/h6-7,9H,1-5H3;6-7H,1-5H3,(H,9,10);6-7H,1-5H3. The SMILES string of the molecule is CC(C)C(=N)N(C)C(C)C.CC(C)C(=O)N(C)C(C)C.CN=C(NC(C)C)C(C)C. The maximum absolute atomic E-state index is 11.2. The number of carbonyl (C=O) groups excluding carboxylic acids is 1. The number of amides is 1. The van der Waals surface area contributed by atoms with Gasteiger partial charge in [-0.25, -0.2) is 0 Å². The Labute approximate surface area is 188 Å². The van der Waals surface area contributed by atoms with Crippen LogP contribution in [0.15, 0.2) is 4.99 Å². The Morgan fingerprint density at radius 2 is 1.13 bits per heavy atom. The Bertz CT molecular complexity index is 464. The fourth-order valence-corrected chi connectivity index (χ4v) is 2.13. The quantitative estimate of drug-likeness (QED) is 0.455. The summed E-state index contributed by atoms with van der Waals surface area (Å²) < 4.78 is 0. The zero-order valence-corrected chi connectivity index (χ0v) is 22.7. The first kappa shape index (κ1) is 33.1. The second kappa shape index (κ2) is 17.1. The molecule has 6 nitrogen and oxygen atoms in total. The summed E-state index contributed by atoms with van der Waals surface area (Å²) >= 11 is 0. The maximum Gasteiger partial charge on any atom is 0.225 e. The molecule has 0 aromatic carbocycles. The first-order chi connectivity index (χ1) is 13.5. The van der Waals surface area contributed by atoms with Gasteiger partial charge in [0, 0.05) is 57.0 Å². The van der Waals surface area contributed by atoms with E-state index in [1.165, 1.54) is 0 Å². The largest absolute Gasteiger partial charge is 0.371 e. The summed E-state index contributed by atoms with van der Waals surface area (Å²) in [5.74, 6) is 2.99. The van der Waals surface area contributed by atoms with Crippen molar-refractivity contribution in [2.24, 2.45) is 22.7 Å². The van der Waals surface area contributed by atoms with Crippen molar-refractivity contribution in [3.8, 4) is 0 Å². The van der Waals surface area contributed by atoms with E-state index in [1.54, 1.807) is 4.90 Å². The molecule has 0 saturated heterocycles. The molecule has 1 amide bonds. The van der Waals surface area contributed by atoms with Gasteiger partial charge in [-0.3, -0.25) is 15.2 Å². The van der Waals surface area contributed by atoms with Crippen molar-refractivity contribution < 1.29 is 4.79 Å². The molecule has 0 aliphatic carbocycles. The van der Waals surface area contributed by atoms with E-state index >= 15 is 0 Å². The van der Waals surface area contributed by atoms with Crippen LogP contribution < -0.4 is 5.32 Å². The molecule has 30 heavy (non-hydrogen) atoms. The number of amidine groups is 2. The number of hydrogen-bond acceptors (Lipinski definition) is 3.